The van der Waals surface area contributed by atoms with Gasteiger partial charge in [0.05, 0.1) is 11.8 Å². The molecule has 0 amide bonds. The number of aryl methyl sites for hydroxylation is 2. The Labute approximate surface area is 155 Å². The second-order valence-corrected chi connectivity index (χ2v) is 6.07. The van der Waals surface area contributed by atoms with Gasteiger partial charge in [-0.1, -0.05) is 24.4 Å². The number of aliphatic imine (C=N–C) groups is 1. The van der Waals surface area contributed by atoms with Gasteiger partial charge in [0.2, 0.25) is 0 Å². The molecule has 0 radical (unpaired) electrons. The predicted molar refractivity (Wildman–Crippen MR) is 102 cm³/mol. The molecule has 1 saturated carbocycles. The molecular weight excluding hydrogens is 407 g/mol. The van der Waals surface area contributed by atoms with Gasteiger partial charge in [0.1, 0.15) is 5.76 Å². The van der Waals surface area contributed by atoms with Crippen LogP contribution in [0.2, 0.25) is 0 Å². The first-order valence-electron chi connectivity index (χ1n) is 8.16. The Morgan fingerprint density at radius 1 is 1.30 bits per heavy atom. The zero-order valence-corrected chi connectivity index (χ0v) is 16.6. The average Bonchev–Trinajstić information content (AvgIpc) is 2.87. The summed E-state index contributed by atoms with van der Waals surface area (Å²) in [5.41, 5.74) is 1.94. The minimum Gasteiger partial charge on any atom is -0.391 e. The number of aliphatic hydroxyl groups is 1. The van der Waals surface area contributed by atoms with E-state index in [1.165, 1.54) is 19.3 Å². The number of nitrogens with one attached hydrogen (secondary N) is 2. The smallest absolute Gasteiger partial charge is 0.191 e. The molecule has 7 heteroatoms. The zero-order valence-electron chi connectivity index (χ0n) is 14.3. The van der Waals surface area contributed by atoms with E-state index in [2.05, 4.69) is 20.8 Å². The number of rotatable bonds is 5. The van der Waals surface area contributed by atoms with Crippen LogP contribution in [-0.2, 0) is 6.54 Å². The molecule has 1 atom stereocenters. The van der Waals surface area contributed by atoms with Gasteiger partial charge in [-0.2, -0.15) is 0 Å². The van der Waals surface area contributed by atoms with Gasteiger partial charge in [-0.15, -0.1) is 24.0 Å². The highest BCUT2D eigenvalue weighted by Gasteiger charge is 2.21. The van der Waals surface area contributed by atoms with E-state index in [4.69, 9.17) is 4.52 Å². The van der Waals surface area contributed by atoms with E-state index in [0.717, 1.165) is 29.9 Å². The van der Waals surface area contributed by atoms with Crippen LogP contribution in [0.15, 0.2) is 9.52 Å². The van der Waals surface area contributed by atoms with Gasteiger partial charge >= 0.3 is 0 Å². The van der Waals surface area contributed by atoms with E-state index in [9.17, 15) is 5.11 Å². The van der Waals surface area contributed by atoms with E-state index < -0.39 is 0 Å². The molecular formula is C16H29IN4O2. The molecule has 1 aromatic rings. The fourth-order valence-corrected chi connectivity index (χ4v) is 3.03. The number of aliphatic hydroxyl groups excluding tert-OH is 1. The van der Waals surface area contributed by atoms with Crippen molar-refractivity contribution in [3.63, 3.8) is 0 Å². The Balaban J connectivity index is 0.00000264. The first kappa shape index (κ1) is 20.2. The van der Waals surface area contributed by atoms with Crippen molar-refractivity contribution in [2.75, 3.05) is 13.6 Å². The molecule has 1 aliphatic carbocycles. The molecule has 0 bridgehead atoms. The minimum atomic E-state index is -0.307. The Morgan fingerprint density at radius 3 is 2.57 bits per heavy atom. The van der Waals surface area contributed by atoms with Crippen LogP contribution in [0.5, 0.6) is 0 Å². The fraction of sp³-hybridized carbons (Fsp3) is 0.750. The lowest BCUT2D eigenvalue weighted by Crippen LogP contribution is -2.43. The van der Waals surface area contributed by atoms with Crippen molar-refractivity contribution < 1.29 is 9.63 Å². The second kappa shape index (κ2) is 10.1. The quantitative estimate of drug-likeness (QED) is 0.376. The summed E-state index contributed by atoms with van der Waals surface area (Å²) in [7, 11) is 1.73. The van der Waals surface area contributed by atoms with Gasteiger partial charge in [-0.3, -0.25) is 4.99 Å². The SMILES string of the molecule is CN=C(NCc1c(C)noc1C)NCC(O)C1CCCCC1.I. The summed E-state index contributed by atoms with van der Waals surface area (Å²) >= 11 is 0. The normalized spacial score (nSPS) is 17.5. The monoisotopic (exact) mass is 436 g/mol. The highest BCUT2D eigenvalue weighted by atomic mass is 127. The maximum Gasteiger partial charge on any atom is 0.191 e. The summed E-state index contributed by atoms with van der Waals surface area (Å²) in [6.07, 6.45) is 5.73. The minimum absolute atomic E-state index is 0. The fourth-order valence-electron chi connectivity index (χ4n) is 3.03. The molecule has 1 unspecified atom stereocenters. The molecule has 1 aromatic heterocycles. The molecule has 6 nitrogen and oxygen atoms in total. The molecule has 132 valence electrons. The number of guanidine groups is 1. The molecule has 0 aliphatic heterocycles. The van der Waals surface area contributed by atoms with Gasteiger partial charge < -0.3 is 20.3 Å². The van der Waals surface area contributed by atoms with Crippen molar-refractivity contribution in [3.05, 3.63) is 17.0 Å². The average molecular weight is 436 g/mol. The summed E-state index contributed by atoms with van der Waals surface area (Å²) in [4.78, 5) is 4.20. The molecule has 2 rings (SSSR count). The standard InChI is InChI=1S/C16H28N4O2.HI/c1-11-14(12(2)22-20-11)9-18-16(17-3)19-10-15(21)13-7-5-4-6-8-13;/h13,15,21H,4-10H2,1-3H3,(H2,17,18,19);1H. The summed E-state index contributed by atoms with van der Waals surface area (Å²) in [6, 6.07) is 0. The van der Waals surface area contributed by atoms with Crippen LogP contribution in [0.4, 0.5) is 0 Å². The number of halogens is 1. The van der Waals surface area contributed by atoms with Crippen LogP contribution < -0.4 is 10.6 Å². The lowest BCUT2D eigenvalue weighted by molar-refractivity contribution is 0.0880. The van der Waals surface area contributed by atoms with E-state index >= 15 is 0 Å². The van der Waals surface area contributed by atoms with Gasteiger partial charge in [-0.05, 0) is 32.6 Å². The van der Waals surface area contributed by atoms with Crippen molar-refractivity contribution in [1.29, 1.82) is 0 Å². The Kier molecular flexibility index (Phi) is 8.90. The molecule has 3 N–H and O–H groups in total. The van der Waals surface area contributed by atoms with Crippen molar-refractivity contribution >= 4 is 29.9 Å². The summed E-state index contributed by atoms with van der Waals surface area (Å²) in [5.74, 6) is 1.93. The molecule has 1 heterocycles. The molecule has 23 heavy (non-hydrogen) atoms. The lowest BCUT2D eigenvalue weighted by Gasteiger charge is -2.27. The predicted octanol–water partition coefficient (Wildman–Crippen LogP) is 2.52. The first-order valence-corrected chi connectivity index (χ1v) is 8.16. The Hall–Kier alpha value is -0.830. The van der Waals surface area contributed by atoms with Gasteiger partial charge in [0.15, 0.2) is 5.96 Å². The van der Waals surface area contributed by atoms with Crippen molar-refractivity contribution in [2.24, 2.45) is 10.9 Å². The Bertz CT molecular complexity index is 479. The van der Waals surface area contributed by atoms with E-state index in [1.54, 1.807) is 7.05 Å². The van der Waals surface area contributed by atoms with Crippen LogP contribution in [0.1, 0.15) is 49.1 Å². The molecule has 0 saturated heterocycles. The Morgan fingerprint density at radius 2 is 2.00 bits per heavy atom. The van der Waals surface area contributed by atoms with Crippen LogP contribution >= 0.6 is 24.0 Å². The largest absolute Gasteiger partial charge is 0.391 e. The van der Waals surface area contributed by atoms with Crippen molar-refractivity contribution in [3.8, 4) is 0 Å². The number of hydrogen-bond acceptors (Lipinski definition) is 4. The van der Waals surface area contributed by atoms with E-state index in [-0.39, 0.29) is 30.1 Å². The van der Waals surface area contributed by atoms with E-state index in [1.807, 2.05) is 13.8 Å². The number of nitrogens with zero attached hydrogens (tertiary/aromatic N) is 2. The molecule has 1 aliphatic rings. The van der Waals surface area contributed by atoms with Crippen LogP contribution in [0.25, 0.3) is 0 Å². The van der Waals surface area contributed by atoms with Crippen LogP contribution in [0, 0.1) is 19.8 Å². The maximum absolute atomic E-state index is 10.3. The third-order valence-electron chi connectivity index (χ3n) is 4.51. The first-order chi connectivity index (χ1) is 10.6. The van der Waals surface area contributed by atoms with Crippen LogP contribution in [-0.4, -0.2) is 35.9 Å². The summed E-state index contributed by atoms with van der Waals surface area (Å²) in [5, 5.41) is 20.7. The second-order valence-electron chi connectivity index (χ2n) is 6.07. The van der Waals surface area contributed by atoms with Crippen molar-refractivity contribution in [1.82, 2.24) is 15.8 Å². The van der Waals surface area contributed by atoms with Gasteiger partial charge in [0.25, 0.3) is 0 Å². The highest BCUT2D eigenvalue weighted by Crippen LogP contribution is 2.26. The van der Waals surface area contributed by atoms with Gasteiger partial charge in [0, 0.05) is 25.7 Å². The molecule has 1 fully saturated rings. The third kappa shape index (κ3) is 5.95. The van der Waals surface area contributed by atoms with Crippen molar-refractivity contribution in [2.45, 2.75) is 58.6 Å². The molecule has 0 aromatic carbocycles. The summed E-state index contributed by atoms with van der Waals surface area (Å²) < 4.78 is 5.15. The van der Waals surface area contributed by atoms with E-state index in [0.29, 0.717) is 25.0 Å². The lowest BCUT2D eigenvalue weighted by atomic mass is 9.85. The highest BCUT2D eigenvalue weighted by molar-refractivity contribution is 14.0. The van der Waals surface area contributed by atoms with Gasteiger partial charge in [-0.25, -0.2) is 0 Å². The maximum atomic E-state index is 10.3. The topological polar surface area (TPSA) is 82.7 Å². The third-order valence-corrected chi connectivity index (χ3v) is 4.51. The van der Waals surface area contributed by atoms with Crippen LogP contribution in [0.3, 0.4) is 0 Å². The zero-order chi connectivity index (χ0) is 15.9. The number of hydrogen-bond donors (Lipinski definition) is 3. The number of aromatic nitrogens is 1. The molecule has 0 spiro atoms. The summed E-state index contributed by atoms with van der Waals surface area (Å²) in [6.45, 7) is 4.98.